The molecule has 0 saturated heterocycles. The maximum absolute atomic E-state index is 12.6. The van der Waals surface area contributed by atoms with Gasteiger partial charge in [0.1, 0.15) is 5.54 Å². The lowest BCUT2D eigenvalue weighted by Crippen LogP contribution is -2.54. The lowest BCUT2D eigenvalue weighted by Gasteiger charge is -2.35. The van der Waals surface area contributed by atoms with Crippen molar-refractivity contribution < 1.29 is 9.53 Å². The van der Waals surface area contributed by atoms with Gasteiger partial charge in [0.05, 0.1) is 7.11 Å². The number of benzene rings is 1. The minimum atomic E-state index is -0.798. The highest BCUT2D eigenvalue weighted by atomic mass is 16.5. The van der Waals surface area contributed by atoms with Crippen molar-refractivity contribution in [1.82, 2.24) is 10.2 Å². The molecular formula is C17H28N2O2. The summed E-state index contributed by atoms with van der Waals surface area (Å²) in [4.78, 5) is 14.8. The Bertz CT molecular complexity index is 434. The number of hydrogen-bond donors (Lipinski definition) is 1. The van der Waals surface area contributed by atoms with Crippen molar-refractivity contribution in [2.75, 3.05) is 27.2 Å². The lowest BCUT2D eigenvalue weighted by molar-refractivity contribution is -0.150. The van der Waals surface area contributed by atoms with Crippen LogP contribution in [0.15, 0.2) is 30.3 Å². The molecule has 1 aromatic rings. The smallest absolute Gasteiger partial charge is 0.330 e. The van der Waals surface area contributed by atoms with Crippen molar-refractivity contribution in [3.05, 3.63) is 35.9 Å². The Morgan fingerprint density at radius 2 is 1.95 bits per heavy atom. The molecule has 0 aliphatic carbocycles. The third-order valence-electron chi connectivity index (χ3n) is 3.74. The molecule has 0 fully saturated rings. The summed E-state index contributed by atoms with van der Waals surface area (Å²) >= 11 is 0. The van der Waals surface area contributed by atoms with Gasteiger partial charge in [-0.05, 0) is 39.4 Å². The van der Waals surface area contributed by atoms with Gasteiger partial charge in [-0.25, -0.2) is 4.79 Å². The molecule has 1 aromatic carbocycles. The fraction of sp³-hybridized carbons (Fsp3) is 0.588. The number of esters is 1. The molecule has 4 nitrogen and oxygen atoms in total. The van der Waals surface area contributed by atoms with E-state index in [1.807, 2.05) is 44.2 Å². The predicted molar refractivity (Wildman–Crippen MR) is 86.2 cm³/mol. The average molecular weight is 292 g/mol. The molecule has 1 unspecified atom stereocenters. The number of hydrogen-bond acceptors (Lipinski definition) is 4. The second-order valence-electron chi connectivity index (χ2n) is 5.71. The minimum Gasteiger partial charge on any atom is -0.467 e. The quantitative estimate of drug-likeness (QED) is 0.747. The van der Waals surface area contributed by atoms with E-state index in [2.05, 4.69) is 24.2 Å². The number of methoxy groups -OCH3 is 1. The number of carbonyl (C=O) groups excluding carboxylic acids is 1. The molecule has 0 amide bonds. The molecule has 0 spiro atoms. The Morgan fingerprint density at radius 3 is 2.43 bits per heavy atom. The van der Waals surface area contributed by atoms with Crippen LogP contribution in [0.3, 0.4) is 0 Å². The first-order valence-electron chi connectivity index (χ1n) is 7.56. The monoisotopic (exact) mass is 292 g/mol. The van der Waals surface area contributed by atoms with Crippen molar-refractivity contribution in [1.29, 1.82) is 0 Å². The summed E-state index contributed by atoms with van der Waals surface area (Å²) < 4.78 is 5.12. The molecular weight excluding hydrogens is 264 g/mol. The van der Waals surface area contributed by atoms with Crippen molar-refractivity contribution in [2.45, 2.75) is 38.8 Å². The molecule has 0 saturated carbocycles. The maximum atomic E-state index is 12.6. The Hall–Kier alpha value is -1.39. The van der Waals surface area contributed by atoms with Crippen molar-refractivity contribution in [3.8, 4) is 0 Å². The number of ether oxygens (including phenoxy) is 1. The van der Waals surface area contributed by atoms with Gasteiger partial charge in [-0.15, -0.1) is 0 Å². The Balaban J connectivity index is 3.18. The molecule has 21 heavy (non-hydrogen) atoms. The molecule has 1 rings (SSSR count). The first-order chi connectivity index (χ1) is 9.96. The van der Waals surface area contributed by atoms with Crippen LogP contribution in [0.1, 0.15) is 32.8 Å². The number of nitrogens with zero attached hydrogens (tertiary/aromatic N) is 1. The molecule has 0 aliphatic heterocycles. The van der Waals surface area contributed by atoms with Crippen molar-refractivity contribution >= 4 is 5.97 Å². The van der Waals surface area contributed by atoms with Gasteiger partial charge in [0, 0.05) is 12.6 Å². The lowest BCUT2D eigenvalue weighted by atomic mass is 9.85. The third-order valence-corrected chi connectivity index (χ3v) is 3.74. The standard InChI is InChI=1S/C17H28N2O2/c1-6-19(4)13-12-17(16(20)21-5,18-14(2)3)15-10-8-7-9-11-15/h7-11,14,18H,6,12-13H2,1-5H3. The van der Waals surface area contributed by atoms with Crippen LogP contribution >= 0.6 is 0 Å². The van der Waals surface area contributed by atoms with Crippen LogP contribution in [-0.2, 0) is 15.1 Å². The highest BCUT2D eigenvalue weighted by molar-refractivity contribution is 5.82. The fourth-order valence-electron chi connectivity index (χ4n) is 2.49. The molecule has 1 N–H and O–H groups in total. The third kappa shape index (κ3) is 4.55. The van der Waals surface area contributed by atoms with E-state index in [1.54, 1.807) is 0 Å². The highest BCUT2D eigenvalue weighted by Gasteiger charge is 2.41. The summed E-state index contributed by atoms with van der Waals surface area (Å²) in [6.07, 6.45) is 0.673. The van der Waals surface area contributed by atoms with Crippen molar-refractivity contribution in [2.24, 2.45) is 0 Å². The Morgan fingerprint density at radius 1 is 1.33 bits per heavy atom. The van der Waals surface area contributed by atoms with Gasteiger partial charge in [0.2, 0.25) is 0 Å². The van der Waals surface area contributed by atoms with E-state index >= 15 is 0 Å². The number of nitrogens with one attached hydrogen (secondary N) is 1. The largest absolute Gasteiger partial charge is 0.467 e. The van der Waals surface area contributed by atoms with Gasteiger partial charge in [-0.3, -0.25) is 5.32 Å². The van der Waals surface area contributed by atoms with E-state index in [0.29, 0.717) is 6.42 Å². The summed E-state index contributed by atoms with van der Waals surface area (Å²) in [5.74, 6) is -0.230. The predicted octanol–water partition coefficient (Wildman–Crippen LogP) is 2.39. The minimum absolute atomic E-state index is 0.177. The van der Waals surface area contributed by atoms with E-state index in [9.17, 15) is 4.79 Å². The molecule has 0 aliphatic rings. The highest BCUT2D eigenvalue weighted by Crippen LogP contribution is 2.28. The van der Waals surface area contributed by atoms with Crippen LogP contribution in [0.5, 0.6) is 0 Å². The van der Waals surface area contributed by atoms with Crippen LogP contribution in [-0.4, -0.2) is 44.2 Å². The van der Waals surface area contributed by atoms with Gasteiger partial charge in [-0.2, -0.15) is 0 Å². The van der Waals surface area contributed by atoms with Crippen LogP contribution in [0.2, 0.25) is 0 Å². The first kappa shape index (κ1) is 17.7. The van der Waals surface area contributed by atoms with Gasteiger partial charge in [0.25, 0.3) is 0 Å². The first-order valence-corrected chi connectivity index (χ1v) is 7.56. The van der Waals surface area contributed by atoms with Crippen LogP contribution in [0, 0.1) is 0 Å². The van der Waals surface area contributed by atoms with E-state index in [4.69, 9.17) is 4.74 Å². The molecule has 4 heteroatoms. The number of carbonyl (C=O) groups is 1. The summed E-state index contributed by atoms with van der Waals surface area (Å²) in [7, 11) is 3.51. The summed E-state index contributed by atoms with van der Waals surface area (Å²) in [6.45, 7) is 7.97. The molecule has 0 radical (unpaired) electrons. The summed E-state index contributed by atoms with van der Waals surface area (Å²) in [5.41, 5.74) is 0.156. The van der Waals surface area contributed by atoms with Crippen molar-refractivity contribution in [3.63, 3.8) is 0 Å². The Kier molecular flexibility index (Phi) is 6.85. The molecule has 118 valence electrons. The van der Waals surface area contributed by atoms with Gasteiger partial charge < -0.3 is 9.64 Å². The molecule has 0 bridgehead atoms. The summed E-state index contributed by atoms with van der Waals surface area (Å²) in [5, 5.41) is 3.44. The van der Waals surface area contributed by atoms with Crippen LogP contribution in [0.25, 0.3) is 0 Å². The normalized spacial score (nSPS) is 14.2. The zero-order chi connectivity index (χ0) is 15.9. The number of rotatable bonds is 8. The van der Waals surface area contributed by atoms with Crippen LogP contribution < -0.4 is 5.32 Å². The molecule has 0 aromatic heterocycles. The summed E-state index contributed by atoms with van der Waals surface area (Å²) in [6, 6.07) is 10.0. The average Bonchev–Trinajstić information content (AvgIpc) is 2.50. The molecule has 1 atom stereocenters. The zero-order valence-electron chi connectivity index (χ0n) is 13.8. The maximum Gasteiger partial charge on any atom is 0.330 e. The zero-order valence-corrected chi connectivity index (χ0v) is 13.8. The second-order valence-corrected chi connectivity index (χ2v) is 5.71. The topological polar surface area (TPSA) is 41.6 Å². The van der Waals surface area contributed by atoms with E-state index in [-0.39, 0.29) is 12.0 Å². The SMILES string of the molecule is CCN(C)CCC(NC(C)C)(C(=O)OC)c1ccccc1. The van der Waals surface area contributed by atoms with E-state index in [1.165, 1.54) is 7.11 Å². The molecule has 0 heterocycles. The van der Waals surface area contributed by atoms with Gasteiger partial charge in [-0.1, -0.05) is 37.3 Å². The fourth-order valence-corrected chi connectivity index (χ4v) is 2.49. The van der Waals surface area contributed by atoms with Gasteiger partial charge >= 0.3 is 5.97 Å². The van der Waals surface area contributed by atoms with Gasteiger partial charge in [0.15, 0.2) is 0 Å². The van der Waals surface area contributed by atoms with Crippen LogP contribution in [0.4, 0.5) is 0 Å². The second kappa shape index (κ2) is 8.15. The Labute approximate surface area is 128 Å². The van der Waals surface area contributed by atoms with E-state index in [0.717, 1.165) is 18.7 Å². The van der Waals surface area contributed by atoms with E-state index < -0.39 is 5.54 Å².